The Bertz CT molecular complexity index is 3990. The lowest BCUT2D eigenvalue weighted by atomic mass is 9.79. The molecular weight excluding hydrogens is 839 g/mol. The van der Waals surface area contributed by atoms with Gasteiger partial charge in [-0.25, -0.2) is 4.98 Å². The van der Waals surface area contributed by atoms with Crippen molar-refractivity contribution in [1.82, 2.24) is 14.5 Å². The van der Waals surface area contributed by atoms with E-state index >= 15 is 0 Å². The van der Waals surface area contributed by atoms with Gasteiger partial charge >= 0.3 is 0 Å². The van der Waals surface area contributed by atoms with Gasteiger partial charge in [-0.15, -0.1) is 0 Å². The van der Waals surface area contributed by atoms with E-state index in [0.717, 1.165) is 27.8 Å². The highest BCUT2D eigenvalue weighted by molar-refractivity contribution is 5.98. The first-order valence-corrected chi connectivity index (χ1v) is 23.1. The Hall–Kier alpha value is -7.04. The van der Waals surface area contributed by atoms with E-state index < -0.39 is 68.0 Å². The summed E-state index contributed by atoms with van der Waals surface area (Å²) < 4.78 is 139. The second kappa shape index (κ2) is 17.5. The Morgan fingerprint density at radius 2 is 1.19 bits per heavy atom. The SMILES string of the molecule is [2H]c1c([2H])c(C(C([2H])([2H])[2H])(C([2H])([2H])[2H])C([2H])([2H])[2H])c([2H])c([2H])c1-c1ccnc(-c2cc(-c3ccccc3)cc(-c3cccc4c3nc(-c3cc(C(C)(C)C)cc(C(C)(C)C)c3O)n4-c3ccc(C([2H])([2H])[2H])cc3-c3ccc(C(C)(C)C)cc3)c2)c1. The number of nitrogens with zero attached hydrogens (tertiary/aromatic N) is 3. The zero-order chi connectivity index (χ0) is 62.7. The van der Waals surface area contributed by atoms with Crippen molar-refractivity contribution in [3.63, 3.8) is 0 Å². The van der Waals surface area contributed by atoms with Gasteiger partial charge in [0.1, 0.15) is 11.6 Å². The predicted octanol–water partition coefficient (Wildman–Crippen LogP) is 17.6. The standard InChI is InChI=1S/C65H67N3O/c1-41-22-31-57(53(34-41)44-25-29-50(30-26-44)63(5,6)7)68-58-21-17-20-52(59(58)67-61(68)54-39-51(64(8,9)10)40-55(60(54)69)65(11,12)13)47-35-46(42-18-15-14-16-19-42)36-48(37-47)56-38-45(32-33-66-56)43-23-27-49(28-24-43)62(2,3)4/h14-40,69H,1-13H3/i1D3,2D3,3D3,4D3,23D,24D,27D,28D. The summed E-state index contributed by atoms with van der Waals surface area (Å²) in [4.78, 5) is 10.3. The molecule has 9 aromatic rings. The van der Waals surface area contributed by atoms with Crippen molar-refractivity contribution in [3.8, 4) is 78.6 Å². The molecule has 0 saturated carbocycles. The smallest absolute Gasteiger partial charge is 0.149 e. The van der Waals surface area contributed by atoms with E-state index in [2.05, 4.69) is 41.5 Å². The van der Waals surface area contributed by atoms with Crippen LogP contribution in [0.1, 0.15) is 133 Å². The number of aryl methyl sites for hydroxylation is 1. The summed E-state index contributed by atoms with van der Waals surface area (Å²) in [6.07, 6.45) is 1.40. The van der Waals surface area contributed by atoms with Gasteiger partial charge in [0.25, 0.3) is 0 Å². The average Bonchev–Trinajstić information content (AvgIpc) is 0.994. The highest BCUT2D eigenvalue weighted by atomic mass is 16.3. The lowest BCUT2D eigenvalue weighted by molar-refractivity contribution is 0.446. The average molecular weight is 922 g/mol. The number of pyridine rings is 1. The molecule has 0 bridgehead atoms. The molecule has 0 unspecified atom stereocenters. The molecule has 0 radical (unpaired) electrons. The van der Waals surface area contributed by atoms with Crippen LogP contribution in [-0.2, 0) is 21.7 Å². The Morgan fingerprint density at radius 1 is 0.493 bits per heavy atom. The molecule has 0 aliphatic carbocycles. The number of aromatic nitrogens is 3. The van der Waals surface area contributed by atoms with Crippen molar-refractivity contribution in [3.05, 3.63) is 192 Å². The van der Waals surface area contributed by atoms with Gasteiger partial charge < -0.3 is 5.11 Å². The Balaban J connectivity index is 1.34. The number of para-hydroxylation sites is 1. The first-order valence-electron chi connectivity index (χ1n) is 31.1. The number of fused-ring (bicyclic) bond motifs is 1. The maximum absolute atomic E-state index is 12.7. The third-order valence-corrected chi connectivity index (χ3v) is 12.7. The van der Waals surface area contributed by atoms with Gasteiger partial charge in [0.2, 0.25) is 0 Å². The van der Waals surface area contributed by atoms with Gasteiger partial charge in [-0.1, -0.05) is 191 Å². The van der Waals surface area contributed by atoms with Gasteiger partial charge in [0.15, 0.2) is 0 Å². The fourth-order valence-corrected chi connectivity index (χ4v) is 8.79. The zero-order valence-electron chi connectivity index (χ0n) is 56.6. The Kier molecular flexibility index (Phi) is 7.90. The maximum Gasteiger partial charge on any atom is 0.149 e. The van der Waals surface area contributed by atoms with Crippen LogP contribution in [0.5, 0.6) is 5.75 Å². The van der Waals surface area contributed by atoms with Crippen molar-refractivity contribution >= 4 is 11.0 Å². The zero-order valence-corrected chi connectivity index (χ0v) is 40.6. The molecule has 4 nitrogen and oxygen atoms in total. The first kappa shape index (κ1) is 31.2. The van der Waals surface area contributed by atoms with Crippen LogP contribution >= 0.6 is 0 Å². The number of rotatable bonds is 7. The van der Waals surface area contributed by atoms with Crippen LogP contribution in [-0.4, -0.2) is 19.6 Å². The van der Waals surface area contributed by atoms with Crippen LogP contribution in [0.2, 0.25) is 0 Å². The Labute approximate surface area is 433 Å². The molecule has 0 amide bonds. The molecule has 1 N–H and O–H groups in total. The van der Waals surface area contributed by atoms with Crippen LogP contribution in [0.15, 0.2) is 164 Å². The topological polar surface area (TPSA) is 50.9 Å². The van der Waals surface area contributed by atoms with Crippen LogP contribution in [0.3, 0.4) is 0 Å². The van der Waals surface area contributed by atoms with Gasteiger partial charge in [-0.05, 0) is 133 Å². The lowest BCUT2D eigenvalue weighted by Crippen LogP contribution is -2.17. The predicted molar refractivity (Wildman–Crippen MR) is 293 cm³/mol. The Morgan fingerprint density at radius 3 is 1.86 bits per heavy atom. The number of imidazole rings is 1. The van der Waals surface area contributed by atoms with E-state index in [4.69, 9.17) is 29.2 Å². The number of aromatic hydroxyl groups is 1. The molecule has 0 fully saturated rings. The fourth-order valence-electron chi connectivity index (χ4n) is 8.79. The minimum absolute atomic E-state index is 0.0376. The van der Waals surface area contributed by atoms with Crippen LogP contribution < -0.4 is 0 Å². The third kappa shape index (κ3) is 9.42. The molecule has 0 spiro atoms. The van der Waals surface area contributed by atoms with Gasteiger partial charge in [0, 0.05) is 44.9 Å². The summed E-state index contributed by atoms with van der Waals surface area (Å²) in [5, 5.41) is 12.7. The van der Waals surface area contributed by atoms with Gasteiger partial charge in [-0.3, -0.25) is 9.55 Å². The molecule has 0 saturated heterocycles. The number of phenolic OH excluding ortho intramolecular Hbond substituents is 1. The summed E-state index contributed by atoms with van der Waals surface area (Å²) >= 11 is 0. The quantitative estimate of drug-likeness (QED) is 0.173. The van der Waals surface area contributed by atoms with Crippen LogP contribution in [0.4, 0.5) is 0 Å². The minimum Gasteiger partial charge on any atom is -0.507 e. The largest absolute Gasteiger partial charge is 0.507 e. The molecule has 0 atom stereocenters. The van der Waals surface area contributed by atoms with E-state index in [-0.39, 0.29) is 33.3 Å². The summed E-state index contributed by atoms with van der Waals surface area (Å²) in [6, 6.07) is 37.4. The van der Waals surface area contributed by atoms with Crippen molar-refractivity contribution in [2.75, 3.05) is 0 Å². The van der Waals surface area contributed by atoms with Gasteiger partial charge in [-0.2, -0.15) is 0 Å². The summed E-state index contributed by atoms with van der Waals surface area (Å²) in [7, 11) is 0. The second-order valence-corrected chi connectivity index (χ2v) is 21.0. The molecule has 9 rings (SSSR count). The molecule has 0 aliphatic heterocycles. The summed E-state index contributed by atoms with van der Waals surface area (Å²) in [5.74, 6) is 0.426. The summed E-state index contributed by atoms with van der Waals surface area (Å²) in [6.45, 7) is 4.85. The highest BCUT2D eigenvalue weighted by Crippen LogP contribution is 2.46. The second-order valence-electron chi connectivity index (χ2n) is 21.0. The minimum atomic E-state index is -3.84. The number of hydrogen-bond acceptors (Lipinski definition) is 3. The maximum atomic E-state index is 12.7. The van der Waals surface area contributed by atoms with Crippen LogP contribution in [0.25, 0.3) is 83.9 Å². The monoisotopic (exact) mass is 922 g/mol. The molecule has 4 heteroatoms. The van der Waals surface area contributed by atoms with E-state index in [1.165, 1.54) is 18.3 Å². The van der Waals surface area contributed by atoms with Crippen molar-refractivity contribution < 1.29 is 27.0 Å². The van der Waals surface area contributed by atoms with E-state index in [1.54, 1.807) is 18.2 Å². The normalized spacial score (nSPS) is 16.6. The molecule has 0 aliphatic rings. The van der Waals surface area contributed by atoms with Crippen molar-refractivity contribution in [1.29, 1.82) is 0 Å². The molecule has 2 heterocycles. The van der Waals surface area contributed by atoms with Crippen molar-refractivity contribution in [2.45, 2.75) is 111 Å². The number of hydrogen-bond donors (Lipinski definition) is 1. The number of phenols is 1. The van der Waals surface area contributed by atoms with E-state index in [0.29, 0.717) is 61.6 Å². The van der Waals surface area contributed by atoms with E-state index in [9.17, 15) is 7.85 Å². The van der Waals surface area contributed by atoms with E-state index in [1.807, 2.05) is 128 Å². The van der Waals surface area contributed by atoms with Gasteiger partial charge in [0.05, 0.1) is 33.5 Å². The molecule has 7 aromatic carbocycles. The fraction of sp³-hybridized carbons (Fsp3) is 0.262. The highest BCUT2D eigenvalue weighted by Gasteiger charge is 2.29. The van der Waals surface area contributed by atoms with Crippen LogP contribution in [0, 0.1) is 6.85 Å². The number of benzene rings is 7. The molecule has 2 aromatic heterocycles. The molecule has 348 valence electrons. The van der Waals surface area contributed by atoms with Crippen molar-refractivity contribution in [2.24, 2.45) is 0 Å². The lowest BCUT2D eigenvalue weighted by Gasteiger charge is -2.27. The first-order chi connectivity index (χ1) is 39.2. The summed E-state index contributed by atoms with van der Waals surface area (Å²) in [5.41, 5.74) is 3.81. The molecular formula is C65H67N3O. The third-order valence-electron chi connectivity index (χ3n) is 12.7. The molecule has 69 heavy (non-hydrogen) atoms.